The van der Waals surface area contributed by atoms with Crippen LogP contribution in [-0.4, -0.2) is 56.1 Å². The van der Waals surface area contributed by atoms with Gasteiger partial charge in [-0.1, -0.05) is 12.1 Å². The molecule has 0 unspecified atom stereocenters. The van der Waals surface area contributed by atoms with Gasteiger partial charge in [-0.3, -0.25) is 14.5 Å². The maximum Gasteiger partial charge on any atom is 0.314 e. The first-order chi connectivity index (χ1) is 10.6. The lowest BCUT2D eigenvalue weighted by Gasteiger charge is -2.14. The number of methoxy groups -OCH3 is 1. The van der Waals surface area contributed by atoms with Crippen LogP contribution >= 0.6 is 0 Å². The van der Waals surface area contributed by atoms with Crippen LogP contribution in [0.3, 0.4) is 0 Å². The van der Waals surface area contributed by atoms with Gasteiger partial charge in [0.1, 0.15) is 0 Å². The van der Waals surface area contributed by atoms with E-state index in [1.807, 2.05) is 0 Å². The number of imide groups is 1. The zero-order valence-electron chi connectivity index (χ0n) is 12.4. The summed E-state index contributed by atoms with van der Waals surface area (Å²) >= 11 is 0. The van der Waals surface area contributed by atoms with Crippen LogP contribution in [0.4, 0.5) is 4.79 Å². The van der Waals surface area contributed by atoms with Crippen LogP contribution in [0.15, 0.2) is 24.3 Å². The topological polar surface area (TPSA) is 87.7 Å². The van der Waals surface area contributed by atoms with E-state index in [1.165, 1.54) is 4.90 Å². The highest BCUT2D eigenvalue weighted by atomic mass is 16.5. The van der Waals surface area contributed by atoms with Crippen molar-refractivity contribution < 1.29 is 19.1 Å². The van der Waals surface area contributed by atoms with Gasteiger partial charge in [-0.05, 0) is 18.6 Å². The molecule has 4 amide bonds. The minimum Gasteiger partial charge on any atom is -0.383 e. The van der Waals surface area contributed by atoms with E-state index in [9.17, 15) is 14.4 Å². The largest absolute Gasteiger partial charge is 0.383 e. The molecule has 0 aromatic heterocycles. The molecule has 7 heteroatoms. The molecule has 1 heterocycles. The average molecular weight is 305 g/mol. The van der Waals surface area contributed by atoms with Gasteiger partial charge >= 0.3 is 6.03 Å². The van der Waals surface area contributed by atoms with Crippen molar-refractivity contribution in [2.75, 3.05) is 33.4 Å². The number of carbonyl (C=O) groups is 3. The van der Waals surface area contributed by atoms with Crippen molar-refractivity contribution in [2.24, 2.45) is 0 Å². The fraction of sp³-hybridized carbons (Fsp3) is 0.400. The highest BCUT2D eigenvalue weighted by Crippen LogP contribution is 2.22. The first-order valence-electron chi connectivity index (χ1n) is 7.11. The van der Waals surface area contributed by atoms with Gasteiger partial charge < -0.3 is 15.4 Å². The fourth-order valence-electron chi connectivity index (χ4n) is 2.21. The second-order valence-electron chi connectivity index (χ2n) is 4.84. The number of hydrogen-bond acceptors (Lipinski definition) is 4. The standard InChI is InChI=1S/C15H19N3O4/c1-22-10-8-17-15(21)16-7-4-9-18-13(19)11-5-2-3-6-12(11)14(18)20/h2-3,5-6H,4,7-10H2,1H3,(H2,16,17,21). The summed E-state index contributed by atoms with van der Waals surface area (Å²) in [4.78, 5) is 36.8. The van der Waals surface area contributed by atoms with Gasteiger partial charge in [0.05, 0.1) is 17.7 Å². The fourth-order valence-corrected chi connectivity index (χ4v) is 2.21. The third kappa shape index (κ3) is 3.62. The van der Waals surface area contributed by atoms with Crippen LogP contribution < -0.4 is 10.6 Å². The van der Waals surface area contributed by atoms with Gasteiger partial charge in [-0.25, -0.2) is 4.79 Å². The Morgan fingerprint density at radius 2 is 1.68 bits per heavy atom. The summed E-state index contributed by atoms with van der Waals surface area (Å²) in [5, 5.41) is 5.28. The molecule has 0 aliphatic carbocycles. The number of urea groups is 1. The van der Waals surface area contributed by atoms with Gasteiger partial charge in [-0.15, -0.1) is 0 Å². The molecule has 2 N–H and O–H groups in total. The summed E-state index contributed by atoms with van der Waals surface area (Å²) in [6.07, 6.45) is 0.503. The molecule has 0 fully saturated rings. The van der Waals surface area contributed by atoms with Crippen LogP contribution in [0.2, 0.25) is 0 Å². The molecule has 0 radical (unpaired) electrons. The predicted molar refractivity (Wildman–Crippen MR) is 79.7 cm³/mol. The maximum absolute atomic E-state index is 12.1. The molecule has 1 aliphatic rings. The van der Waals surface area contributed by atoms with Gasteiger partial charge in [0, 0.05) is 26.7 Å². The Balaban J connectivity index is 1.74. The van der Waals surface area contributed by atoms with Crippen LogP contribution in [0.25, 0.3) is 0 Å². The number of carbonyl (C=O) groups excluding carboxylic acids is 3. The van der Waals surface area contributed by atoms with Crippen molar-refractivity contribution in [3.8, 4) is 0 Å². The number of rotatable bonds is 7. The van der Waals surface area contributed by atoms with Crippen molar-refractivity contribution in [1.29, 1.82) is 0 Å². The summed E-state index contributed by atoms with van der Waals surface area (Å²) in [7, 11) is 1.56. The lowest BCUT2D eigenvalue weighted by atomic mass is 10.1. The molecular weight excluding hydrogens is 286 g/mol. The third-order valence-corrected chi connectivity index (χ3v) is 3.31. The minimum atomic E-state index is -0.292. The lowest BCUT2D eigenvalue weighted by Crippen LogP contribution is -2.39. The molecule has 2 rings (SSSR count). The number of nitrogens with one attached hydrogen (secondary N) is 2. The van der Waals surface area contributed by atoms with Gasteiger partial charge in [0.15, 0.2) is 0 Å². The first-order valence-corrected chi connectivity index (χ1v) is 7.11. The molecular formula is C15H19N3O4. The second kappa shape index (κ2) is 7.56. The normalized spacial score (nSPS) is 13.2. The van der Waals surface area contributed by atoms with E-state index in [4.69, 9.17) is 4.74 Å². The van der Waals surface area contributed by atoms with Crippen LogP contribution in [0, 0.1) is 0 Å². The van der Waals surface area contributed by atoms with E-state index in [1.54, 1.807) is 31.4 Å². The molecule has 0 bridgehead atoms. The minimum absolute atomic E-state index is 0.273. The van der Waals surface area contributed by atoms with E-state index in [0.717, 1.165) is 0 Å². The smallest absolute Gasteiger partial charge is 0.314 e. The number of amides is 4. The van der Waals surface area contributed by atoms with E-state index in [2.05, 4.69) is 10.6 Å². The highest BCUT2D eigenvalue weighted by Gasteiger charge is 2.34. The molecule has 1 aromatic carbocycles. The Morgan fingerprint density at radius 3 is 2.27 bits per heavy atom. The van der Waals surface area contributed by atoms with Crippen molar-refractivity contribution in [3.63, 3.8) is 0 Å². The zero-order chi connectivity index (χ0) is 15.9. The van der Waals surface area contributed by atoms with Gasteiger partial charge in [-0.2, -0.15) is 0 Å². The summed E-state index contributed by atoms with van der Waals surface area (Å²) in [6.45, 7) is 1.54. The quantitative estimate of drug-likeness (QED) is 0.571. The first kappa shape index (κ1) is 16.0. The molecule has 7 nitrogen and oxygen atoms in total. The van der Waals surface area contributed by atoms with Crippen LogP contribution in [-0.2, 0) is 4.74 Å². The summed E-state index contributed by atoms with van der Waals surface area (Å²) < 4.78 is 4.82. The lowest BCUT2D eigenvalue weighted by molar-refractivity contribution is 0.0653. The van der Waals surface area contributed by atoms with E-state index >= 15 is 0 Å². The third-order valence-electron chi connectivity index (χ3n) is 3.31. The number of hydrogen-bond donors (Lipinski definition) is 2. The molecule has 1 aromatic rings. The monoisotopic (exact) mass is 305 g/mol. The molecule has 0 saturated heterocycles. The Kier molecular flexibility index (Phi) is 5.48. The molecule has 22 heavy (non-hydrogen) atoms. The van der Waals surface area contributed by atoms with E-state index in [-0.39, 0.29) is 24.4 Å². The maximum atomic E-state index is 12.1. The zero-order valence-corrected chi connectivity index (χ0v) is 12.4. The van der Waals surface area contributed by atoms with Crippen molar-refractivity contribution in [1.82, 2.24) is 15.5 Å². The van der Waals surface area contributed by atoms with E-state index < -0.39 is 0 Å². The van der Waals surface area contributed by atoms with Crippen molar-refractivity contribution >= 4 is 17.8 Å². The number of ether oxygens (including phenoxy) is 1. The Bertz CT molecular complexity index is 539. The van der Waals surface area contributed by atoms with Crippen molar-refractivity contribution in [3.05, 3.63) is 35.4 Å². The number of nitrogens with zero attached hydrogens (tertiary/aromatic N) is 1. The van der Waals surface area contributed by atoms with E-state index in [0.29, 0.717) is 37.2 Å². The Hall–Kier alpha value is -2.41. The molecule has 0 spiro atoms. The van der Waals surface area contributed by atoms with Crippen molar-refractivity contribution in [2.45, 2.75) is 6.42 Å². The van der Waals surface area contributed by atoms with Gasteiger partial charge in [0.25, 0.3) is 11.8 Å². The predicted octanol–water partition coefficient (Wildman–Crippen LogP) is 0.618. The molecule has 0 atom stereocenters. The Labute approximate surface area is 128 Å². The summed E-state index contributed by atoms with van der Waals surface area (Å²) in [6, 6.07) is 6.48. The number of fused-ring (bicyclic) bond motifs is 1. The Morgan fingerprint density at radius 1 is 1.09 bits per heavy atom. The molecule has 0 saturated carbocycles. The van der Waals surface area contributed by atoms with Crippen LogP contribution in [0.5, 0.6) is 0 Å². The molecule has 118 valence electrons. The summed E-state index contributed by atoms with van der Waals surface area (Å²) in [5.74, 6) is -0.546. The highest BCUT2D eigenvalue weighted by molar-refractivity contribution is 6.21. The summed E-state index contributed by atoms with van der Waals surface area (Å²) in [5.41, 5.74) is 0.885. The van der Waals surface area contributed by atoms with Crippen LogP contribution in [0.1, 0.15) is 27.1 Å². The SMILES string of the molecule is COCCNC(=O)NCCCN1C(=O)c2ccccc2C1=O. The average Bonchev–Trinajstić information content (AvgIpc) is 2.77. The number of benzene rings is 1. The second-order valence-corrected chi connectivity index (χ2v) is 4.84. The van der Waals surface area contributed by atoms with Gasteiger partial charge in [0.2, 0.25) is 0 Å². The molecule has 1 aliphatic heterocycles.